The van der Waals surface area contributed by atoms with Gasteiger partial charge in [-0.2, -0.15) is 0 Å². The largest absolute Gasteiger partial charge is 0.396 e. The lowest BCUT2D eigenvalue weighted by molar-refractivity contribution is 0.148. The molecule has 0 fully saturated rings. The third kappa shape index (κ3) is 3.91. The van der Waals surface area contributed by atoms with E-state index < -0.39 is 0 Å². The summed E-state index contributed by atoms with van der Waals surface area (Å²) in [4.78, 5) is 3.11. The summed E-state index contributed by atoms with van der Waals surface area (Å²) in [7, 11) is 1.67. The van der Waals surface area contributed by atoms with E-state index in [1.54, 1.807) is 7.11 Å². The van der Waals surface area contributed by atoms with E-state index in [0.29, 0.717) is 13.0 Å². The van der Waals surface area contributed by atoms with Gasteiger partial charge in [0, 0.05) is 38.2 Å². The van der Waals surface area contributed by atoms with Crippen LogP contribution >= 0.6 is 0 Å². The maximum atomic E-state index is 8.82. The van der Waals surface area contributed by atoms with Gasteiger partial charge >= 0.3 is 0 Å². The Balaban J connectivity index is 2.25. The minimum absolute atomic E-state index is 0.186. The third-order valence-electron chi connectivity index (χ3n) is 2.09. The molecule has 0 aliphatic carbocycles. The van der Waals surface area contributed by atoms with Gasteiger partial charge in [0.15, 0.2) is 0 Å². The molecule has 0 bridgehead atoms. The minimum Gasteiger partial charge on any atom is -0.396 e. The van der Waals surface area contributed by atoms with Crippen LogP contribution in [0.3, 0.4) is 0 Å². The van der Waals surface area contributed by atoms with Crippen LogP contribution < -0.4 is 5.32 Å². The van der Waals surface area contributed by atoms with Gasteiger partial charge in [0.1, 0.15) is 0 Å². The second kappa shape index (κ2) is 6.59. The number of hydrogen-bond donors (Lipinski definition) is 3. The van der Waals surface area contributed by atoms with E-state index in [9.17, 15) is 0 Å². The van der Waals surface area contributed by atoms with Crippen molar-refractivity contribution in [3.8, 4) is 0 Å². The maximum Gasteiger partial charge on any atom is 0.0616 e. The number of rotatable bonds is 7. The molecule has 1 aromatic rings. The number of aliphatic hydroxyl groups excluding tert-OH is 1. The van der Waals surface area contributed by atoms with Crippen LogP contribution in [0.4, 0.5) is 0 Å². The van der Waals surface area contributed by atoms with E-state index >= 15 is 0 Å². The number of H-pyrrole nitrogens is 1. The van der Waals surface area contributed by atoms with E-state index in [1.807, 2.05) is 18.3 Å². The van der Waals surface area contributed by atoms with Crippen molar-refractivity contribution in [1.29, 1.82) is 0 Å². The molecule has 0 spiro atoms. The Labute approximate surface area is 84.3 Å². The molecule has 0 saturated heterocycles. The van der Waals surface area contributed by atoms with Crippen molar-refractivity contribution in [1.82, 2.24) is 10.3 Å². The molecule has 0 aliphatic heterocycles. The molecule has 14 heavy (non-hydrogen) atoms. The zero-order valence-electron chi connectivity index (χ0n) is 8.49. The zero-order valence-corrected chi connectivity index (χ0v) is 8.49. The first-order chi connectivity index (χ1) is 6.86. The van der Waals surface area contributed by atoms with Gasteiger partial charge in [-0.05, 0) is 18.6 Å². The van der Waals surface area contributed by atoms with Crippen LogP contribution in [0.1, 0.15) is 12.1 Å². The molecule has 1 rings (SSSR count). The average Bonchev–Trinajstić information content (AvgIpc) is 2.67. The Hall–Kier alpha value is -0.840. The summed E-state index contributed by atoms with van der Waals surface area (Å²) in [6.45, 7) is 1.59. The molecule has 0 aliphatic rings. The number of ether oxygens (including phenoxy) is 1. The number of aromatic amines is 1. The third-order valence-corrected chi connectivity index (χ3v) is 2.09. The van der Waals surface area contributed by atoms with E-state index in [2.05, 4.69) is 10.3 Å². The van der Waals surface area contributed by atoms with Crippen LogP contribution in [0, 0.1) is 0 Å². The highest BCUT2D eigenvalue weighted by Crippen LogP contribution is 1.97. The predicted octanol–water partition coefficient (Wildman–Crippen LogP) is 0.502. The molecule has 4 nitrogen and oxygen atoms in total. The monoisotopic (exact) mass is 198 g/mol. The first-order valence-electron chi connectivity index (χ1n) is 4.82. The van der Waals surface area contributed by atoms with Crippen molar-refractivity contribution in [2.24, 2.45) is 0 Å². The summed E-state index contributed by atoms with van der Waals surface area (Å²) in [5.41, 5.74) is 1.14. The Morgan fingerprint density at radius 1 is 1.64 bits per heavy atom. The Kier molecular flexibility index (Phi) is 5.29. The number of aromatic nitrogens is 1. The molecule has 1 atom stereocenters. The second-order valence-corrected chi connectivity index (χ2v) is 3.24. The van der Waals surface area contributed by atoms with Crippen LogP contribution in [0.5, 0.6) is 0 Å². The molecule has 0 radical (unpaired) electrons. The predicted molar refractivity (Wildman–Crippen MR) is 55.0 cm³/mol. The normalized spacial score (nSPS) is 13.0. The second-order valence-electron chi connectivity index (χ2n) is 3.24. The van der Waals surface area contributed by atoms with Crippen molar-refractivity contribution in [3.05, 3.63) is 24.0 Å². The molecular weight excluding hydrogens is 180 g/mol. The van der Waals surface area contributed by atoms with Crippen molar-refractivity contribution in [3.63, 3.8) is 0 Å². The molecule has 1 unspecified atom stereocenters. The van der Waals surface area contributed by atoms with Gasteiger partial charge in [-0.1, -0.05) is 0 Å². The van der Waals surface area contributed by atoms with Crippen LogP contribution in [0.2, 0.25) is 0 Å². The van der Waals surface area contributed by atoms with Gasteiger partial charge < -0.3 is 20.1 Å². The molecule has 0 aromatic carbocycles. The number of nitrogens with one attached hydrogen (secondary N) is 2. The van der Waals surface area contributed by atoms with E-state index in [4.69, 9.17) is 9.84 Å². The molecule has 0 amide bonds. The number of aliphatic hydroxyl groups is 1. The summed E-state index contributed by atoms with van der Waals surface area (Å²) in [6.07, 6.45) is 2.61. The standard InChI is InChI=1S/C10H18N2O2/c1-14-8-10(4-6-13)12-7-9-3-2-5-11-9/h2-3,5,10-13H,4,6-8H2,1H3. The summed E-state index contributed by atoms with van der Waals surface area (Å²) in [6, 6.07) is 4.21. The van der Waals surface area contributed by atoms with E-state index in [0.717, 1.165) is 12.2 Å². The van der Waals surface area contributed by atoms with Gasteiger partial charge in [0.25, 0.3) is 0 Å². The van der Waals surface area contributed by atoms with Crippen molar-refractivity contribution in [2.75, 3.05) is 20.3 Å². The molecule has 0 saturated carbocycles. The zero-order chi connectivity index (χ0) is 10.2. The fraction of sp³-hybridized carbons (Fsp3) is 0.600. The fourth-order valence-electron chi connectivity index (χ4n) is 1.33. The summed E-state index contributed by atoms with van der Waals surface area (Å²) >= 11 is 0. The molecule has 4 heteroatoms. The van der Waals surface area contributed by atoms with Crippen LogP contribution in [-0.2, 0) is 11.3 Å². The SMILES string of the molecule is COCC(CCO)NCc1ccc[nH]1. The molecule has 1 aromatic heterocycles. The van der Waals surface area contributed by atoms with Gasteiger partial charge in [-0.15, -0.1) is 0 Å². The van der Waals surface area contributed by atoms with Crippen molar-refractivity contribution < 1.29 is 9.84 Å². The lowest BCUT2D eigenvalue weighted by Gasteiger charge is -2.16. The molecule has 3 N–H and O–H groups in total. The number of methoxy groups -OCH3 is 1. The van der Waals surface area contributed by atoms with Gasteiger partial charge in [-0.3, -0.25) is 0 Å². The highest BCUT2D eigenvalue weighted by atomic mass is 16.5. The minimum atomic E-state index is 0.186. The summed E-state index contributed by atoms with van der Waals surface area (Å²) < 4.78 is 5.04. The van der Waals surface area contributed by atoms with Crippen LogP contribution in [-0.4, -0.2) is 36.5 Å². The Morgan fingerprint density at radius 2 is 2.50 bits per heavy atom. The smallest absolute Gasteiger partial charge is 0.0616 e. The maximum absolute atomic E-state index is 8.82. The van der Waals surface area contributed by atoms with Gasteiger partial charge in [0.05, 0.1) is 6.61 Å². The Morgan fingerprint density at radius 3 is 3.07 bits per heavy atom. The first kappa shape index (κ1) is 11.2. The summed E-state index contributed by atoms with van der Waals surface area (Å²) in [5.74, 6) is 0. The lowest BCUT2D eigenvalue weighted by atomic mass is 10.2. The number of hydrogen-bond acceptors (Lipinski definition) is 3. The first-order valence-corrected chi connectivity index (χ1v) is 4.82. The molecular formula is C10H18N2O2. The topological polar surface area (TPSA) is 57.3 Å². The average molecular weight is 198 g/mol. The lowest BCUT2D eigenvalue weighted by Crippen LogP contribution is -2.33. The van der Waals surface area contributed by atoms with E-state index in [1.165, 1.54) is 0 Å². The van der Waals surface area contributed by atoms with Gasteiger partial charge in [0.2, 0.25) is 0 Å². The van der Waals surface area contributed by atoms with Crippen LogP contribution in [0.15, 0.2) is 18.3 Å². The quantitative estimate of drug-likeness (QED) is 0.598. The molecule has 80 valence electrons. The van der Waals surface area contributed by atoms with Crippen molar-refractivity contribution >= 4 is 0 Å². The Bertz CT molecular complexity index is 218. The fourth-order valence-corrected chi connectivity index (χ4v) is 1.33. The summed E-state index contributed by atoms with van der Waals surface area (Å²) in [5, 5.41) is 12.1. The van der Waals surface area contributed by atoms with E-state index in [-0.39, 0.29) is 12.6 Å². The molecule has 1 heterocycles. The van der Waals surface area contributed by atoms with Crippen LogP contribution in [0.25, 0.3) is 0 Å². The highest BCUT2D eigenvalue weighted by molar-refractivity contribution is 5.03. The highest BCUT2D eigenvalue weighted by Gasteiger charge is 2.06. The van der Waals surface area contributed by atoms with Crippen molar-refractivity contribution in [2.45, 2.75) is 19.0 Å². The van der Waals surface area contributed by atoms with Gasteiger partial charge in [-0.25, -0.2) is 0 Å².